The number of aromatic amines is 1. The number of hydrogen-bond donors (Lipinski definition) is 2. The summed E-state index contributed by atoms with van der Waals surface area (Å²) in [5.74, 6) is 0.142. The van der Waals surface area contributed by atoms with E-state index in [4.69, 9.17) is 11.6 Å². The summed E-state index contributed by atoms with van der Waals surface area (Å²) in [6.45, 7) is 0. The Morgan fingerprint density at radius 3 is 2.88 bits per heavy atom. The van der Waals surface area contributed by atoms with Gasteiger partial charge in [0, 0.05) is 17.3 Å². The van der Waals surface area contributed by atoms with Crippen LogP contribution in [0, 0.1) is 6.07 Å². The molecular weight excluding hydrogens is 234 g/mol. The number of phenols is 1. The molecule has 0 aliphatic heterocycles. The maximum absolute atomic E-state index is 9.84. The van der Waals surface area contributed by atoms with E-state index in [9.17, 15) is 5.11 Å². The Morgan fingerprint density at radius 1 is 1.18 bits per heavy atom. The lowest BCUT2D eigenvalue weighted by atomic mass is 10.0. The van der Waals surface area contributed by atoms with Gasteiger partial charge in [0.2, 0.25) is 0 Å². The molecule has 0 amide bonds. The maximum atomic E-state index is 9.84. The monoisotopic (exact) mass is 242 g/mol. The van der Waals surface area contributed by atoms with Gasteiger partial charge in [-0.2, -0.15) is 0 Å². The van der Waals surface area contributed by atoms with Crippen LogP contribution >= 0.6 is 11.6 Å². The average molecular weight is 243 g/mol. The van der Waals surface area contributed by atoms with E-state index in [0.29, 0.717) is 10.6 Å². The van der Waals surface area contributed by atoms with Gasteiger partial charge in [-0.1, -0.05) is 23.7 Å². The van der Waals surface area contributed by atoms with Crippen molar-refractivity contribution in [2.75, 3.05) is 0 Å². The largest absolute Gasteiger partial charge is 0.507 e. The zero-order chi connectivity index (χ0) is 11.8. The first-order valence-electron chi connectivity index (χ1n) is 5.22. The van der Waals surface area contributed by atoms with Gasteiger partial charge in [-0.3, -0.25) is 0 Å². The Balaban J connectivity index is 2.26. The molecule has 0 fully saturated rings. The van der Waals surface area contributed by atoms with E-state index in [1.54, 1.807) is 6.07 Å². The van der Waals surface area contributed by atoms with E-state index in [2.05, 4.69) is 11.1 Å². The van der Waals surface area contributed by atoms with Crippen molar-refractivity contribution >= 4 is 22.5 Å². The van der Waals surface area contributed by atoms with Gasteiger partial charge < -0.3 is 10.1 Å². The van der Waals surface area contributed by atoms with E-state index < -0.39 is 0 Å². The molecule has 83 valence electrons. The Hall–Kier alpha value is -1.93. The molecule has 3 aromatic rings. The zero-order valence-corrected chi connectivity index (χ0v) is 9.62. The predicted molar refractivity (Wildman–Crippen MR) is 69.2 cm³/mol. The molecular formula is C14H9ClNO. The molecule has 1 radical (unpaired) electrons. The van der Waals surface area contributed by atoms with Crippen LogP contribution in [0.25, 0.3) is 22.0 Å². The number of benzene rings is 2. The molecule has 2 N–H and O–H groups in total. The van der Waals surface area contributed by atoms with Crippen LogP contribution in [-0.4, -0.2) is 10.1 Å². The molecule has 3 rings (SSSR count). The third-order valence-corrected chi connectivity index (χ3v) is 3.07. The van der Waals surface area contributed by atoms with Crippen molar-refractivity contribution in [1.82, 2.24) is 4.98 Å². The second-order valence-electron chi connectivity index (χ2n) is 3.84. The van der Waals surface area contributed by atoms with Gasteiger partial charge in [0.05, 0.1) is 5.02 Å². The highest BCUT2D eigenvalue weighted by atomic mass is 35.5. The second kappa shape index (κ2) is 3.82. The Bertz CT molecular complexity index is 667. The summed E-state index contributed by atoms with van der Waals surface area (Å²) < 4.78 is 0. The highest BCUT2D eigenvalue weighted by Crippen LogP contribution is 2.36. The van der Waals surface area contributed by atoms with E-state index in [-0.39, 0.29) is 5.75 Å². The molecule has 0 aliphatic rings. The number of aromatic hydroxyl groups is 1. The van der Waals surface area contributed by atoms with Crippen LogP contribution in [0.3, 0.4) is 0 Å². The van der Waals surface area contributed by atoms with Gasteiger partial charge in [-0.15, -0.1) is 0 Å². The fourth-order valence-electron chi connectivity index (χ4n) is 1.95. The van der Waals surface area contributed by atoms with Gasteiger partial charge >= 0.3 is 0 Å². The number of phenolic OH excluding ortho intramolecular Hbond substituents is 1. The molecule has 1 aromatic heterocycles. The highest BCUT2D eigenvalue weighted by Gasteiger charge is 2.09. The van der Waals surface area contributed by atoms with Crippen LogP contribution in [0.4, 0.5) is 0 Å². The summed E-state index contributed by atoms with van der Waals surface area (Å²) in [6, 6.07) is 13.8. The third kappa shape index (κ3) is 1.67. The molecule has 0 saturated carbocycles. The number of hydrogen-bond acceptors (Lipinski definition) is 1. The molecule has 0 atom stereocenters. The minimum atomic E-state index is 0.142. The summed E-state index contributed by atoms with van der Waals surface area (Å²) in [5.41, 5.74) is 2.55. The van der Waals surface area contributed by atoms with E-state index >= 15 is 0 Å². The zero-order valence-electron chi connectivity index (χ0n) is 8.87. The average Bonchev–Trinajstić information content (AvgIpc) is 2.76. The SMILES string of the molecule is Oc1c[c]cc(Cl)c1-c1ccc2cc[nH]c2c1. The van der Waals surface area contributed by atoms with Crippen molar-refractivity contribution in [3.63, 3.8) is 0 Å². The summed E-state index contributed by atoms with van der Waals surface area (Å²) in [7, 11) is 0. The van der Waals surface area contributed by atoms with Crippen LogP contribution in [0.1, 0.15) is 0 Å². The van der Waals surface area contributed by atoms with Crippen LogP contribution in [0.2, 0.25) is 5.02 Å². The van der Waals surface area contributed by atoms with Crippen LogP contribution in [0.5, 0.6) is 5.75 Å². The Morgan fingerprint density at radius 2 is 2.06 bits per heavy atom. The minimum Gasteiger partial charge on any atom is -0.507 e. The normalized spacial score (nSPS) is 10.9. The lowest BCUT2D eigenvalue weighted by molar-refractivity contribution is 0.477. The molecule has 0 aliphatic carbocycles. The standard InChI is InChI=1S/C14H9ClNO/c15-11-2-1-3-13(17)14(11)10-5-4-9-6-7-16-12(9)8-10/h2-8,16-17H. The molecule has 0 unspecified atom stereocenters. The topological polar surface area (TPSA) is 36.0 Å². The van der Waals surface area contributed by atoms with Gasteiger partial charge in [0.25, 0.3) is 0 Å². The minimum absolute atomic E-state index is 0.142. The van der Waals surface area contributed by atoms with Crippen molar-refractivity contribution in [3.8, 4) is 16.9 Å². The van der Waals surface area contributed by atoms with E-state index in [0.717, 1.165) is 16.5 Å². The smallest absolute Gasteiger partial charge is 0.125 e. The van der Waals surface area contributed by atoms with Crippen LogP contribution in [-0.2, 0) is 0 Å². The number of aromatic nitrogens is 1. The maximum Gasteiger partial charge on any atom is 0.125 e. The molecule has 1 heterocycles. The third-order valence-electron chi connectivity index (χ3n) is 2.77. The number of rotatable bonds is 1. The number of halogens is 1. The first-order valence-corrected chi connectivity index (χ1v) is 5.59. The predicted octanol–water partition coefficient (Wildman–Crippen LogP) is 3.99. The van der Waals surface area contributed by atoms with Crippen molar-refractivity contribution in [2.24, 2.45) is 0 Å². The van der Waals surface area contributed by atoms with Gasteiger partial charge in [0.1, 0.15) is 5.75 Å². The molecule has 0 saturated heterocycles. The van der Waals surface area contributed by atoms with Crippen molar-refractivity contribution in [2.45, 2.75) is 0 Å². The lowest BCUT2D eigenvalue weighted by Gasteiger charge is -2.07. The molecule has 2 nitrogen and oxygen atoms in total. The quantitative estimate of drug-likeness (QED) is 0.665. The van der Waals surface area contributed by atoms with Crippen molar-refractivity contribution in [3.05, 3.63) is 53.7 Å². The van der Waals surface area contributed by atoms with Gasteiger partial charge in [-0.05, 0) is 41.3 Å². The van der Waals surface area contributed by atoms with Crippen molar-refractivity contribution < 1.29 is 5.11 Å². The van der Waals surface area contributed by atoms with Gasteiger partial charge in [0.15, 0.2) is 0 Å². The van der Waals surface area contributed by atoms with E-state index in [1.165, 1.54) is 6.07 Å². The molecule has 3 heteroatoms. The molecule has 0 spiro atoms. The summed E-state index contributed by atoms with van der Waals surface area (Å²) >= 11 is 6.09. The summed E-state index contributed by atoms with van der Waals surface area (Å²) in [4.78, 5) is 3.14. The summed E-state index contributed by atoms with van der Waals surface area (Å²) in [6.07, 6.45) is 1.88. The lowest BCUT2D eigenvalue weighted by Crippen LogP contribution is -1.81. The number of nitrogens with one attached hydrogen (secondary N) is 1. The molecule has 17 heavy (non-hydrogen) atoms. The van der Waals surface area contributed by atoms with Gasteiger partial charge in [-0.25, -0.2) is 0 Å². The number of fused-ring (bicyclic) bond motifs is 1. The fourth-order valence-corrected chi connectivity index (χ4v) is 2.22. The van der Waals surface area contributed by atoms with Crippen molar-refractivity contribution in [1.29, 1.82) is 0 Å². The second-order valence-corrected chi connectivity index (χ2v) is 4.25. The first-order chi connectivity index (χ1) is 8.25. The Kier molecular flexibility index (Phi) is 2.30. The first kappa shape index (κ1) is 10.2. The summed E-state index contributed by atoms with van der Waals surface area (Å²) in [5, 5.41) is 11.5. The Labute approximate surface area is 103 Å². The van der Waals surface area contributed by atoms with Crippen LogP contribution < -0.4 is 0 Å². The van der Waals surface area contributed by atoms with E-state index in [1.807, 2.05) is 30.5 Å². The highest BCUT2D eigenvalue weighted by molar-refractivity contribution is 6.33. The van der Waals surface area contributed by atoms with Crippen LogP contribution in [0.15, 0.2) is 42.6 Å². The fraction of sp³-hybridized carbons (Fsp3) is 0. The number of H-pyrrole nitrogens is 1. The molecule has 2 aromatic carbocycles. The molecule has 0 bridgehead atoms.